The lowest BCUT2D eigenvalue weighted by atomic mass is 10.0. The van der Waals surface area contributed by atoms with Crippen molar-refractivity contribution >= 4 is 34.8 Å². The van der Waals surface area contributed by atoms with E-state index in [2.05, 4.69) is 0 Å². The molecule has 17 heavy (non-hydrogen) atoms. The Balaban J connectivity index is 2.22. The van der Waals surface area contributed by atoms with Crippen molar-refractivity contribution in [3.8, 4) is 0 Å². The van der Waals surface area contributed by atoms with Gasteiger partial charge in [-0.1, -0.05) is 35.3 Å². The molecule has 0 saturated carbocycles. The van der Waals surface area contributed by atoms with Crippen molar-refractivity contribution < 1.29 is 9.52 Å². The highest BCUT2D eigenvalue weighted by molar-refractivity contribution is 6.42. The van der Waals surface area contributed by atoms with E-state index in [4.69, 9.17) is 39.2 Å². The van der Waals surface area contributed by atoms with Crippen molar-refractivity contribution in [2.45, 2.75) is 12.5 Å². The lowest BCUT2D eigenvalue weighted by molar-refractivity contribution is 0.177. The largest absolute Gasteiger partial charge is 0.453 e. The van der Waals surface area contributed by atoms with Gasteiger partial charge in [0.25, 0.3) is 0 Å². The first-order valence-corrected chi connectivity index (χ1v) is 6.07. The summed E-state index contributed by atoms with van der Waals surface area (Å²) in [5, 5.41) is 11.1. The number of halogens is 3. The van der Waals surface area contributed by atoms with Gasteiger partial charge in [-0.25, -0.2) is 0 Å². The standard InChI is InChI=1S/C12H9Cl3O2/c13-9-3-1-2-7(11(9)14)6-10(16)8-4-5-17-12(8)15/h1-5,10,16H,6H2. The van der Waals surface area contributed by atoms with Gasteiger partial charge in [-0.15, -0.1) is 0 Å². The van der Waals surface area contributed by atoms with Gasteiger partial charge in [0.05, 0.1) is 22.4 Å². The van der Waals surface area contributed by atoms with Gasteiger partial charge < -0.3 is 9.52 Å². The van der Waals surface area contributed by atoms with E-state index in [9.17, 15) is 5.11 Å². The summed E-state index contributed by atoms with van der Waals surface area (Å²) in [4.78, 5) is 0. The van der Waals surface area contributed by atoms with Crippen LogP contribution in [0.1, 0.15) is 17.2 Å². The molecule has 0 fully saturated rings. The Bertz CT molecular complexity index is 522. The maximum atomic E-state index is 10.0. The van der Waals surface area contributed by atoms with E-state index in [-0.39, 0.29) is 5.22 Å². The van der Waals surface area contributed by atoms with Crippen molar-refractivity contribution in [3.05, 3.63) is 56.9 Å². The van der Waals surface area contributed by atoms with Crippen molar-refractivity contribution in [2.75, 3.05) is 0 Å². The van der Waals surface area contributed by atoms with Gasteiger partial charge in [0, 0.05) is 12.0 Å². The van der Waals surface area contributed by atoms with Gasteiger partial charge >= 0.3 is 0 Å². The molecule has 5 heteroatoms. The smallest absolute Gasteiger partial charge is 0.198 e. The fourth-order valence-electron chi connectivity index (χ4n) is 1.57. The van der Waals surface area contributed by atoms with Crippen LogP contribution in [-0.4, -0.2) is 5.11 Å². The van der Waals surface area contributed by atoms with Crippen LogP contribution >= 0.6 is 34.8 Å². The third kappa shape index (κ3) is 2.78. The van der Waals surface area contributed by atoms with Gasteiger partial charge in [-0.2, -0.15) is 0 Å². The van der Waals surface area contributed by atoms with Crippen molar-refractivity contribution in [3.63, 3.8) is 0 Å². The molecule has 1 heterocycles. The molecule has 90 valence electrons. The molecule has 1 atom stereocenters. The van der Waals surface area contributed by atoms with Crippen LogP contribution in [0.3, 0.4) is 0 Å². The van der Waals surface area contributed by atoms with Gasteiger partial charge in [0.2, 0.25) is 0 Å². The molecule has 2 aromatic rings. The second-order valence-electron chi connectivity index (χ2n) is 3.58. The molecule has 0 amide bonds. The Labute approximate surface area is 114 Å². The molecule has 1 unspecified atom stereocenters. The zero-order valence-corrected chi connectivity index (χ0v) is 10.9. The van der Waals surface area contributed by atoms with Crippen molar-refractivity contribution in [2.24, 2.45) is 0 Å². The summed E-state index contributed by atoms with van der Waals surface area (Å²) in [6.07, 6.45) is 0.997. The highest BCUT2D eigenvalue weighted by Crippen LogP contribution is 2.31. The minimum absolute atomic E-state index is 0.190. The fourth-order valence-corrected chi connectivity index (χ4v) is 2.20. The van der Waals surface area contributed by atoms with Crippen LogP contribution in [0.4, 0.5) is 0 Å². The second-order valence-corrected chi connectivity index (χ2v) is 4.71. The van der Waals surface area contributed by atoms with Gasteiger partial charge in [-0.05, 0) is 29.3 Å². The molecule has 2 nitrogen and oxygen atoms in total. The molecule has 0 bridgehead atoms. The highest BCUT2D eigenvalue weighted by atomic mass is 35.5. The Kier molecular flexibility index (Phi) is 4.00. The topological polar surface area (TPSA) is 33.4 Å². The minimum atomic E-state index is -0.766. The fraction of sp³-hybridized carbons (Fsp3) is 0.167. The molecule has 1 aromatic heterocycles. The van der Waals surface area contributed by atoms with E-state index in [1.54, 1.807) is 18.2 Å². The molecule has 0 saturated heterocycles. The maximum Gasteiger partial charge on any atom is 0.198 e. The summed E-state index contributed by atoms with van der Waals surface area (Å²) < 4.78 is 4.92. The molecule has 0 spiro atoms. The number of furan rings is 1. The predicted octanol–water partition coefficient (Wildman–Crippen LogP) is 4.52. The van der Waals surface area contributed by atoms with Gasteiger partial charge in [-0.3, -0.25) is 0 Å². The summed E-state index contributed by atoms with van der Waals surface area (Å²) in [6.45, 7) is 0. The van der Waals surface area contributed by atoms with Crippen LogP contribution in [0.25, 0.3) is 0 Å². The molecular formula is C12H9Cl3O2. The van der Waals surface area contributed by atoms with Crippen LogP contribution < -0.4 is 0 Å². The van der Waals surface area contributed by atoms with E-state index in [0.29, 0.717) is 22.0 Å². The van der Waals surface area contributed by atoms with Gasteiger partial charge in [0.15, 0.2) is 5.22 Å². The maximum absolute atomic E-state index is 10.0. The normalized spacial score (nSPS) is 12.7. The summed E-state index contributed by atoms with van der Waals surface area (Å²) in [7, 11) is 0. The Morgan fingerprint density at radius 2 is 1.94 bits per heavy atom. The highest BCUT2D eigenvalue weighted by Gasteiger charge is 2.16. The zero-order valence-electron chi connectivity index (χ0n) is 8.66. The minimum Gasteiger partial charge on any atom is -0.453 e. The van der Waals surface area contributed by atoms with E-state index in [1.807, 2.05) is 6.07 Å². The van der Waals surface area contributed by atoms with Crippen molar-refractivity contribution in [1.82, 2.24) is 0 Å². The zero-order chi connectivity index (χ0) is 12.4. The first kappa shape index (κ1) is 12.8. The van der Waals surface area contributed by atoms with Crippen LogP contribution in [0.2, 0.25) is 15.3 Å². The lowest BCUT2D eigenvalue weighted by Gasteiger charge is -2.11. The number of aliphatic hydroxyl groups is 1. The Morgan fingerprint density at radius 1 is 1.18 bits per heavy atom. The quantitative estimate of drug-likeness (QED) is 0.902. The monoisotopic (exact) mass is 290 g/mol. The average Bonchev–Trinajstić information content (AvgIpc) is 2.71. The van der Waals surface area contributed by atoms with E-state index >= 15 is 0 Å². The predicted molar refractivity (Wildman–Crippen MR) is 68.8 cm³/mol. The van der Waals surface area contributed by atoms with E-state index < -0.39 is 6.10 Å². The van der Waals surface area contributed by atoms with Crippen molar-refractivity contribution in [1.29, 1.82) is 0 Å². The van der Waals surface area contributed by atoms with Crippen LogP contribution in [0, 0.1) is 0 Å². The van der Waals surface area contributed by atoms with E-state index in [0.717, 1.165) is 5.56 Å². The Morgan fingerprint density at radius 3 is 2.59 bits per heavy atom. The molecule has 2 rings (SSSR count). The molecule has 0 aliphatic heterocycles. The third-order valence-corrected chi connectivity index (χ3v) is 3.62. The van der Waals surface area contributed by atoms with E-state index in [1.165, 1.54) is 6.26 Å². The number of hydrogen-bond donors (Lipinski definition) is 1. The number of aliphatic hydroxyl groups excluding tert-OH is 1. The second kappa shape index (κ2) is 5.32. The molecule has 1 N–H and O–H groups in total. The average molecular weight is 292 g/mol. The molecular weight excluding hydrogens is 282 g/mol. The summed E-state index contributed by atoms with van der Waals surface area (Å²) >= 11 is 17.7. The SMILES string of the molecule is OC(Cc1cccc(Cl)c1Cl)c1ccoc1Cl. The summed E-state index contributed by atoms with van der Waals surface area (Å²) in [5.74, 6) is 0. The van der Waals surface area contributed by atoms with Crippen LogP contribution in [0.5, 0.6) is 0 Å². The third-order valence-electron chi connectivity index (χ3n) is 2.45. The van der Waals surface area contributed by atoms with Gasteiger partial charge in [0.1, 0.15) is 0 Å². The van der Waals surface area contributed by atoms with Crippen LogP contribution in [0.15, 0.2) is 34.9 Å². The van der Waals surface area contributed by atoms with Crippen LogP contribution in [-0.2, 0) is 6.42 Å². The molecule has 1 aromatic carbocycles. The number of benzene rings is 1. The Hall–Kier alpha value is -0.670. The number of hydrogen-bond acceptors (Lipinski definition) is 2. The molecule has 0 aliphatic carbocycles. The first-order valence-electron chi connectivity index (χ1n) is 4.93. The first-order chi connectivity index (χ1) is 8.09. The summed E-state index contributed by atoms with van der Waals surface area (Å²) in [5.41, 5.74) is 1.31. The molecule has 0 aliphatic rings. The number of rotatable bonds is 3. The lowest BCUT2D eigenvalue weighted by Crippen LogP contribution is -2.01. The summed E-state index contributed by atoms with van der Waals surface area (Å²) in [6, 6.07) is 6.93. The molecule has 0 radical (unpaired) electrons.